The second-order valence-electron chi connectivity index (χ2n) is 2.59. The summed E-state index contributed by atoms with van der Waals surface area (Å²) < 4.78 is 0. The average Bonchev–Trinajstić information content (AvgIpc) is 2.21. The summed E-state index contributed by atoms with van der Waals surface area (Å²) >= 11 is 0. The number of nitrogens with zero attached hydrogens (tertiary/aromatic N) is 2. The van der Waals surface area contributed by atoms with E-state index in [4.69, 9.17) is 0 Å². The summed E-state index contributed by atoms with van der Waals surface area (Å²) in [4.78, 5) is 8.05. The number of aryl methyl sites for hydroxylation is 1. The lowest BCUT2D eigenvalue weighted by Crippen LogP contribution is -1.80. The molecule has 2 nitrogen and oxygen atoms in total. The van der Waals surface area contributed by atoms with Gasteiger partial charge in [-0.3, -0.25) is 0 Å². The van der Waals surface area contributed by atoms with E-state index < -0.39 is 0 Å². The lowest BCUT2D eigenvalue weighted by atomic mass is 10.2. The van der Waals surface area contributed by atoms with E-state index in [-0.39, 0.29) is 0 Å². The zero-order chi connectivity index (χ0) is 9.68. The van der Waals surface area contributed by atoms with Crippen LogP contribution in [0, 0.1) is 6.92 Å². The van der Waals surface area contributed by atoms with Crippen LogP contribution >= 0.6 is 0 Å². The van der Waals surface area contributed by atoms with Crippen LogP contribution in [0.2, 0.25) is 0 Å². The number of rotatable bonds is 0. The van der Waals surface area contributed by atoms with Crippen LogP contribution in [0.4, 0.5) is 0 Å². The Labute approximate surface area is 78.7 Å². The molecule has 1 aromatic carbocycles. The molecule has 0 bridgehead atoms. The van der Waals surface area contributed by atoms with Crippen LogP contribution in [-0.4, -0.2) is 9.97 Å². The summed E-state index contributed by atoms with van der Waals surface area (Å²) in [6.45, 7) is 6.06. The van der Waals surface area contributed by atoms with Crippen LogP contribution in [0.3, 0.4) is 0 Å². The van der Waals surface area contributed by atoms with E-state index in [0.29, 0.717) is 0 Å². The first-order valence-corrected chi connectivity index (χ1v) is 4.52. The molecule has 2 aromatic rings. The Morgan fingerprint density at radius 3 is 2.69 bits per heavy atom. The van der Waals surface area contributed by atoms with Crippen molar-refractivity contribution in [2.45, 2.75) is 20.8 Å². The molecule has 1 heterocycles. The van der Waals surface area contributed by atoms with Gasteiger partial charge < -0.3 is 0 Å². The Morgan fingerprint density at radius 1 is 1.15 bits per heavy atom. The SMILES string of the molecule is CC.Cc1ccc2ncncc2c1. The average molecular weight is 174 g/mol. The molecular weight excluding hydrogens is 160 g/mol. The van der Waals surface area contributed by atoms with Crippen LogP contribution in [0.1, 0.15) is 19.4 Å². The normalized spacial score (nSPS) is 9.15. The van der Waals surface area contributed by atoms with Crippen molar-refractivity contribution >= 4 is 10.9 Å². The third-order valence-corrected chi connectivity index (χ3v) is 1.66. The van der Waals surface area contributed by atoms with Crippen molar-refractivity contribution in [3.8, 4) is 0 Å². The molecule has 0 atom stereocenters. The third-order valence-electron chi connectivity index (χ3n) is 1.66. The van der Waals surface area contributed by atoms with E-state index in [1.165, 1.54) is 5.56 Å². The molecule has 0 saturated heterocycles. The van der Waals surface area contributed by atoms with Crippen molar-refractivity contribution in [2.24, 2.45) is 0 Å². The van der Waals surface area contributed by atoms with Gasteiger partial charge in [0, 0.05) is 11.6 Å². The maximum absolute atomic E-state index is 4.11. The Hall–Kier alpha value is -1.44. The first kappa shape index (κ1) is 9.65. The van der Waals surface area contributed by atoms with Gasteiger partial charge in [-0.15, -0.1) is 0 Å². The minimum Gasteiger partial charge on any atom is -0.244 e. The lowest BCUT2D eigenvalue weighted by molar-refractivity contribution is 1.22. The first-order chi connectivity index (χ1) is 6.36. The summed E-state index contributed by atoms with van der Waals surface area (Å²) in [5.41, 5.74) is 2.25. The van der Waals surface area contributed by atoms with E-state index in [2.05, 4.69) is 29.0 Å². The summed E-state index contributed by atoms with van der Waals surface area (Å²) in [5.74, 6) is 0. The number of aromatic nitrogens is 2. The maximum atomic E-state index is 4.11. The van der Waals surface area contributed by atoms with Gasteiger partial charge in [-0.1, -0.05) is 25.5 Å². The van der Waals surface area contributed by atoms with Crippen molar-refractivity contribution < 1.29 is 0 Å². The molecule has 2 rings (SSSR count). The Bertz CT molecular complexity index is 383. The van der Waals surface area contributed by atoms with Crippen molar-refractivity contribution in [1.29, 1.82) is 0 Å². The van der Waals surface area contributed by atoms with E-state index in [0.717, 1.165) is 10.9 Å². The fourth-order valence-corrected chi connectivity index (χ4v) is 1.10. The number of hydrogen-bond donors (Lipinski definition) is 0. The molecule has 2 heteroatoms. The number of benzene rings is 1. The van der Waals surface area contributed by atoms with Gasteiger partial charge in [0.25, 0.3) is 0 Å². The molecule has 13 heavy (non-hydrogen) atoms. The van der Waals surface area contributed by atoms with Crippen LogP contribution in [0.15, 0.2) is 30.7 Å². The fraction of sp³-hybridized carbons (Fsp3) is 0.273. The van der Waals surface area contributed by atoms with Crippen molar-refractivity contribution in [1.82, 2.24) is 9.97 Å². The predicted octanol–water partition coefficient (Wildman–Crippen LogP) is 2.96. The Kier molecular flexibility index (Phi) is 3.38. The minimum atomic E-state index is 1.01. The van der Waals surface area contributed by atoms with Crippen LogP contribution in [-0.2, 0) is 0 Å². The van der Waals surface area contributed by atoms with E-state index >= 15 is 0 Å². The zero-order valence-corrected chi connectivity index (χ0v) is 8.28. The largest absolute Gasteiger partial charge is 0.244 e. The van der Waals surface area contributed by atoms with E-state index in [1.54, 1.807) is 6.33 Å². The molecular formula is C11H14N2. The van der Waals surface area contributed by atoms with Gasteiger partial charge in [0.05, 0.1) is 5.52 Å². The summed E-state index contributed by atoms with van der Waals surface area (Å²) in [7, 11) is 0. The van der Waals surface area contributed by atoms with Crippen molar-refractivity contribution in [2.75, 3.05) is 0 Å². The maximum Gasteiger partial charge on any atom is 0.116 e. The summed E-state index contributed by atoms with van der Waals surface area (Å²) in [6.07, 6.45) is 3.40. The molecule has 0 aliphatic heterocycles. The first-order valence-electron chi connectivity index (χ1n) is 4.52. The highest BCUT2D eigenvalue weighted by Crippen LogP contribution is 2.10. The highest BCUT2D eigenvalue weighted by atomic mass is 14.8. The smallest absolute Gasteiger partial charge is 0.116 e. The summed E-state index contributed by atoms with van der Waals surface area (Å²) in [5, 5.41) is 1.10. The van der Waals surface area contributed by atoms with Gasteiger partial charge in [-0.25, -0.2) is 9.97 Å². The monoisotopic (exact) mass is 174 g/mol. The highest BCUT2D eigenvalue weighted by molar-refractivity contribution is 5.77. The highest BCUT2D eigenvalue weighted by Gasteiger charge is 1.91. The lowest BCUT2D eigenvalue weighted by Gasteiger charge is -1.95. The molecule has 0 amide bonds. The standard InChI is InChI=1S/C9H8N2.C2H6/c1-7-2-3-9-8(4-7)5-10-6-11-9;1-2/h2-6H,1H3;1-2H3. The zero-order valence-electron chi connectivity index (χ0n) is 8.28. The fourth-order valence-electron chi connectivity index (χ4n) is 1.10. The van der Waals surface area contributed by atoms with Crippen molar-refractivity contribution in [3.05, 3.63) is 36.3 Å². The molecule has 0 saturated carbocycles. The number of hydrogen-bond acceptors (Lipinski definition) is 2. The van der Waals surface area contributed by atoms with Crippen LogP contribution in [0.25, 0.3) is 10.9 Å². The summed E-state index contributed by atoms with van der Waals surface area (Å²) in [6, 6.07) is 6.14. The quantitative estimate of drug-likeness (QED) is 0.613. The van der Waals surface area contributed by atoms with Gasteiger partial charge in [-0.2, -0.15) is 0 Å². The molecule has 0 unspecified atom stereocenters. The molecule has 0 radical (unpaired) electrons. The van der Waals surface area contributed by atoms with Gasteiger partial charge in [0.1, 0.15) is 6.33 Å². The second kappa shape index (κ2) is 4.55. The van der Waals surface area contributed by atoms with Gasteiger partial charge in [-0.05, 0) is 19.1 Å². The molecule has 0 spiro atoms. The Morgan fingerprint density at radius 2 is 1.92 bits per heavy atom. The van der Waals surface area contributed by atoms with Crippen LogP contribution < -0.4 is 0 Å². The van der Waals surface area contributed by atoms with E-state index in [9.17, 15) is 0 Å². The topological polar surface area (TPSA) is 25.8 Å². The van der Waals surface area contributed by atoms with E-state index in [1.807, 2.05) is 26.1 Å². The van der Waals surface area contributed by atoms with Crippen molar-refractivity contribution in [3.63, 3.8) is 0 Å². The molecule has 0 fully saturated rings. The predicted molar refractivity (Wildman–Crippen MR) is 55.6 cm³/mol. The Balaban J connectivity index is 0.000000396. The van der Waals surface area contributed by atoms with Gasteiger partial charge >= 0.3 is 0 Å². The molecule has 0 aliphatic rings. The van der Waals surface area contributed by atoms with Crippen LogP contribution in [0.5, 0.6) is 0 Å². The number of fused-ring (bicyclic) bond motifs is 1. The third kappa shape index (κ3) is 2.25. The van der Waals surface area contributed by atoms with Gasteiger partial charge in [0.15, 0.2) is 0 Å². The second-order valence-corrected chi connectivity index (χ2v) is 2.59. The van der Waals surface area contributed by atoms with Gasteiger partial charge in [0.2, 0.25) is 0 Å². The molecule has 0 aliphatic carbocycles. The molecule has 68 valence electrons. The molecule has 1 aromatic heterocycles. The molecule has 0 N–H and O–H groups in total. The minimum absolute atomic E-state index is 1.01.